The molecule has 0 bridgehead atoms. The lowest BCUT2D eigenvalue weighted by Gasteiger charge is -2.22. The zero-order valence-electron chi connectivity index (χ0n) is 9.49. The molecule has 0 saturated carbocycles. The van der Waals surface area contributed by atoms with Crippen LogP contribution < -0.4 is 10.0 Å². The molecule has 0 aromatic rings. The van der Waals surface area contributed by atoms with E-state index in [0.29, 0.717) is 25.9 Å². The molecule has 0 atom stereocenters. The monoisotopic (exact) mass is 272 g/mol. The van der Waals surface area contributed by atoms with E-state index in [0.717, 1.165) is 0 Å². The third-order valence-corrected chi connectivity index (χ3v) is 4.47. The summed E-state index contributed by atoms with van der Waals surface area (Å²) >= 11 is 0. The first-order chi connectivity index (χ1) is 8.02. The van der Waals surface area contributed by atoms with Gasteiger partial charge in [-0.3, -0.25) is 0 Å². The summed E-state index contributed by atoms with van der Waals surface area (Å²) in [5.74, 6) is 0. The Balaban J connectivity index is 2.20. The van der Waals surface area contributed by atoms with Crippen LogP contribution in [0.15, 0.2) is 0 Å². The molecule has 1 saturated heterocycles. The molecule has 8 heteroatoms. The van der Waals surface area contributed by atoms with Gasteiger partial charge in [0, 0.05) is 6.54 Å². The zero-order valence-corrected chi connectivity index (χ0v) is 10.3. The third-order valence-electron chi connectivity index (χ3n) is 2.52. The molecule has 0 aromatic carbocycles. The zero-order chi connectivity index (χ0) is 12.7. The van der Waals surface area contributed by atoms with E-state index in [1.165, 1.54) is 0 Å². The number of sulfonamides is 1. The quantitative estimate of drug-likeness (QED) is 0.637. The van der Waals surface area contributed by atoms with E-state index >= 15 is 0 Å². The van der Waals surface area contributed by atoms with Crippen LogP contribution in [0.5, 0.6) is 0 Å². The van der Waals surface area contributed by atoms with Crippen molar-refractivity contribution in [3.8, 4) is 0 Å². The minimum atomic E-state index is -3.34. The Morgan fingerprint density at radius 2 is 2.00 bits per heavy atom. The highest BCUT2D eigenvalue weighted by Gasteiger charge is 2.26. The third kappa shape index (κ3) is 5.71. The number of ether oxygens (including phenoxy) is 1. The molecule has 0 unspecified atom stereocenters. The summed E-state index contributed by atoms with van der Waals surface area (Å²) in [4.78, 5) is 0. The predicted molar refractivity (Wildman–Crippen MR) is 59.6 cm³/mol. The van der Waals surface area contributed by atoms with Crippen molar-refractivity contribution in [1.82, 2.24) is 10.0 Å². The van der Waals surface area contributed by atoms with Crippen LogP contribution in [-0.4, -0.2) is 52.9 Å². The van der Waals surface area contributed by atoms with Crippen molar-refractivity contribution < 1.29 is 21.9 Å². The molecule has 5 nitrogen and oxygen atoms in total. The van der Waals surface area contributed by atoms with E-state index in [9.17, 15) is 17.2 Å². The van der Waals surface area contributed by atoms with E-state index in [2.05, 4.69) is 14.8 Å². The van der Waals surface area contributed by atoms with Crippen LogP contribution in [0, 0.1) is 0 Å². The molecule has 0 aliphatic carbocycles. The fourth-order valence-corrected chi connectivity index (χ4v) is 3.11. The number of nitrogens with one attached hydrogen (secondary N) is 2. The molecule has 2 N–H and O–H groups in total. The molecular formula is C9H18F2N2O3S. The van der Waals surface area contributed by atoms with Crippen molar-refractivity contribution >= 4 is 10.0 Å². The number of hydrogen-bond donors (Lipinski definition) is 2. The Labute approximate surface area is 100.0 Å². The van der Waals surface area contributed by atoms with Gasteiger partial charge in [0.25, 0.3) is 6.43 Å². The molecule has 0 radical (unpaired) electrons. The van der Waals surface area contributed by atoms with Gasteiger partial charge in [0.15, 0.2) is 0 Å². The highest BCUT2D eigenvalue weighted by molar-refractivity contribution is 7.90. The molecule has 1 heterocycles. The van der Waals surface area contributed by atoms with E-state index in [-0.39, 0.29) is 18.4 Å². The Hall–Kier alpha value is -0.310. The maximum Gasteiger partial charge on any atom is 0.261 e. The maximum atomic E-state index is 11.7. The normalized spacial score (nSPS) is 18.8. The number of halogens is 2. The fraction of sp³-hybridized carbons (Fsp3) is 1.00. The Kier molecular flexibility index (Phi) is 6.24. The standard InChI is InChI=1S/C9H18F2N2O3S/c10-9(11)7-16-6-5-13-17(14,15)8-1-3-12-4-2-8/h8-9,12-13H,1-7H2. The summed E-state index contributed by atoms with van der Waals surface area (Å²) in [7, 11) is -3.34. The SMILES string of the molecule is O=S(=O)(NCCOCC(F)F)C1CCNCC1. The smallest absolute Gasteiger partial charge is 0.261 e. The second-order valence-electron chi connectivity index (χ2n) is 3.85. The highest BCUT2D eigenvalue weighted by atomic mass is 32.2. The summed E-state index contributed by atoms with van der Waals surface area (Å²) in [5.41, 5.74) is 0. The van der Waals surface area contributed by atoms with E-state index < -0.39 is 23.1 Å². The molecule has 0 spiro atoms. The molecule has 1 rings (SSSR count). The number of hydrogen-bond acceptors (Lipinski definition) is 4. The fourth-order valence-electron chi connectivity index (χ4n) is 1.65. The molecule has 1 aliphatic heterocycles. The van der Waals surface area contributed by atoms with Crippen molar-refractivity contribution in [1.29, 1.82) is 0 Å². The second kappa shape index (κ2) is 7.20. The van der Waals surface area contributed by atoms with Gasteiger partial charge in [-0.2, -0.15) is 0 Å². The van der Waals surface area contributed by atoms with Crippen LogP contribution in [0.2, 0.25) is 0 Å². The van der Waals surface area contributed by atoms with Gasteiger partial charge in [0.1, 0.15) is 6.61 Å². The van der Waals surface area contributed by atoms with Crippen molar-refractivity contribution in [2.45, 2.75) is 24.5 Å². The Morgan fingerprint density at radius 3 is 2.59 bits per heavy atom. The lowest BCUT2D eigenvalue weighted by atomic mass is 10.2. The van der Waals surface area contributed by atoms with Crippen LogP contribution in [0.4, 0.5) is 8.78 Å². The average Bonchev–Trinajstić information content (AvgIpc) is 2.29. The van der Waals surface area contributed by atoms with Gasteiger partial charge in [-0.1, -0.05) is 0 Å². The van der Waals surface area contributed by atoms with Crippen LogP contribution >= 0.6 is 0 Å². The predicted octanol–water partition coefficient (Wildman–Crippen LogP) is -0.0605. The summed E-state index contributed by atoms with van der Waals surface area (Å²) in [6.07, 6.45) is -1.36. The number of alkyl halides is 2. The van der Waals surface area contributed by atoms with E-state index in [1.807, 2.05) is 0 Å². The molecule has 0 aromatic heterocycles. The van der Waals surface area contributed by atoms with Gasteiger partial charge in [0.05, 0.1) is 11.9 Å². The molecule has 1 fully saturated rings. The summed E-state index contributed by atoms with van der Waals surface area (Å²) in [6, 6.07) is 0. The van der Waals surface area contributed by atoms with Crippen LogP contribution in [0.1, 0.15) is 12.8 Å². The molecule has 0 amide bonds. The highest BCUT2D eigenvalue weighted by Crippen LogP contribution is 2.11. The lowest BCUT2D eigenvalue weighted by molar-refractivity contribution is 0.0198. The minimum Gasteiger partial charge on any atom is -0.374 e. The van der Waals surface area contributed by atoms with Crippen LogP contribution in [-0.2, 0) is 14.8 Å². The van der Waals surface area contributed by atoms with Gasteiger partial charge >= 0.3 is 0 Å². The van der Waals surface area contributed by atoms with Crippen molar-refractivity contribution in [3.63, 3.8) is 0 Å². The average molecular weight is 272 g/mol. The maximum absolute atomic E-state index is 11.7. The molecular weight excluding hydrogens is 254 g/mol. The number of piperidine rings is 1. The summed E-state index contributed by atoms with van der Waals surface area (Å²) in [5, 5.41) is 2.69. The molecule has 102 valence electrons. The first-order valence-electron chi connectivity index (χ1n) is 5.57. The Bertz CT molecular complexity index is 305. The largest absolute Gasteiger partial charge is 0.374 e. The summed E-state index contributed by atoms with van der Waals surface area (Å²) in [6.45, 7) is 0.726. The van der Waals surface area contributed by atoms with E-state index in [4.69, 9.17) is 0 Å². The first kappa shape index (κ1) is 14.7. The van der Waals surface area contributed by atoms with Crippen LogP contribution in [0.25, 0.3) is 0 Å². The lowest BCUT2D eigenvalue weighted by Crippen LogP contribution is -2.42. The van der Waals surface area contributed by atoms with Gasteiger partial charge in [-0.15, -0.1) is 0 Å². The topological polar surface area (TPSA) is 67.4 Å². The van der Waals surface area contributed by atoms with Crippen molar-refractivity contribution in [2.24, 2.45) is 0 Å². The first-order valence-corrected chi connectivity index (χ1v) is 7.12. The summed E-state index contributed by atoms with van der Waals surface area (Å²) < 4.78 is 53.9. The molecule has 17 heavy (non-hydrogen) atoms. The van der Waals surface area contributed by atoms with Gasteiger partial charge in [0.2, 0.25) is 10.0 Å². The van der Waals surface area contributed by atoms with Crippen LogP contribution in [0.3, 0.4) is 0 Å². The Morgan fingerprint density at radius 1 is 1.35 bits per heavy atom. The minimum absolute atomic E-state index is 0.0332. The number of rotatable bonds is 7. The molecule has 1 aliphatic rings. The van der Waals surface area contributed by atoms with E-state index in [1.54, 1.807) is 0 Å². The van der Waals surface area contributed by atoms with Gasteiger partial charge in [-0.25, -0.2) is 21.9 Å². The second-order valence-corrected chi connectivity index (χ2v) is 5.90. The van der Waals surface area contributed by atoms with Gasteiger partial charge < -0.3 is 10.1 Å². The van der Waals surface area contributed by atoms with Crippen molar-refractivity contribution in [3.05, 3.63) is 0 Å². The van der Waals surface area contributed by atoms with Crippen molar-refractivity contribution in [2.75, 3.05) is 32.8 Å². The van der Waals surface area contributed by atoms with Gasteiger partial charge in [-0.05, 0) is 25.9 Å².